The number of alkyl halides is 2. The van der Waals surface area contributed by atoms with E-state index >= 15 is 0 Å². The van der Waals surface area contributed by atoms with Gasteiger partial charge in [0, 0.05) is 6.20 Å². The molecule has 1 heterocycles. The van der Waals surface area contributed by atoms with E-state index in [4.69, 9.17) is 5.11 Å². The Kier molecular flexibility index (Phi) is 3.16. The quantitative estimate of drug-likeness (QED) is 0.805. The van der Waals surface area contributed by atoms with Gasteiger partial charge in [-0.2, -0.15) is 0 Å². The van der Waals surface area contributed by atoms with Crippen molar-refractivity contribution >= 4 is 5.97 Å². The smallest absolute Gasteiger partial charge is 0.312 e. The number of rotatable bonds is 4. The minimum Gasteiger partial charge on any atom is -0.481 e. The van der Waals surface area contributed by atoms with Gasteiger partial charge in [-0.3, -0.25) is 4.79 Å². The Morgan fingerprint density at radius 1 is 1.71 bits per heavy atom. The number of hydrogen-bond acceptors (Lipinski definition) is 2. The van der Waals surface area contributed by atoms with E-state index in [9.17, 15) is 13.6 Å². The van der Waals surface area contributed by atoms with E-state index in [2.05, 4.69) is 4.98 Å². The summed E-state index contributed by atoms with van der Waals surface area (Å²) in [5, 5.41) is 8.68. The van der Waals surface area contributed by atoms with E-state index in [1.807, 2.05) is 0 Å². The summed E-state index contributed by atoms with van der Waals surface area (Å²) >= 11 is 0. The average Bonchev–Trinajstić information content (AvgIpc) is 2.49. The van der Waals surface area contributed by atoms with Gasteiger partial charge in [-0.25, -0.2) is 13.8 Å². The number of aliphatic carboxylic acids is 1. The molecule has 0 aromatic carbocycles. The second kappa shape index (κ2) is 4.17. The number of halogens is 2. The second-order valence-electron chi connectivity index (χ2n) is 2.92. The molecule has 1 aromatic heterocycles. The molecule has 0 aliphatic rings. The van der Waals surface area contributed by atoms with Gasteiger partial charge in [0.05, 0.1) is 24.5 Å². The lowest BCUT2D eigenvalue weighted by molar-refractivity contribution is -0.138. The third-order valence-corrected chi connectivity index (χ3v) is 1.89. The van der Waals surface area contributed by atoms with Gasteiger partial charge in [-0.1, -0.05) is 0 Å². The van der Waals surface area contributed by atoms with Crippen molar-refractivity contribution in [3.63, 3.8) is 0 Å². The summed E-state index contributed by atoms with van der Waals surface area (Å²) < 4.78 is 25.2. The molecule has 6 heteroatoms. The van der Waals surface area contributed by atoms with Crippen LogP contribution < -0.4 is 0 Å². The molecule has 14 heavy (non-hydrogen) atoms. The van der Waals surface area contributed by atoms with Crippen molar-refractivity contribution in [2.45, 2.75) is 25.8 Å². The van der Waals surface area contributed by atoms with Crippen LogP contribution >= 0.6 is 0 Å². The minimum absolute atomic E-state index is 0.290. The summed E-state index contributed by atoms with van der Waals surface area (Å²) in [6.45, 7) is 0.911. The first-order valence-corrected chi connectivity index (χ1v) is 4.03. The van der Waals surface area contributed by atoms with Crippen molar-refractivity contribution in [3.05, 3.63) is 18.2 Å². The van der Waals surface area contributed by atoms with Crippen molar-refractivity contribution < 1.29 is 18.7 Å². The lowest BCUT2D eigenvalue weighted by Crippen LogP contribution is -2.15. The zero-order valence-electron chi connectivity index (χ0n) is 7.52. The highest BCUT2D eigenvalue weighted by Gasteiger charge is 2.19. The Bertz CT molecular complexity index is 325. The van der Waals surface area contributed by atoms with Crippen LogP contribution in [0, 0.1) is 0 Å². The molecule has 1 N–H and O–H groups in total. The first-order valence-electron chi connectivity index (χ1n) is 4.03. The normalized spacial score (nSPS) is 13.1. The monoisotopic (exact) mass is 204 g/mol. The van der Waals surface area contributed by atoms with Crippen LogP contribution in [0.4, 0.5) is 8.78 Å². The predicted octanol–water partition coefficient (Wildman–Crippen LogP) is 1.34. The zero-order chi connectivity index (χ0) is 10.7. The third-order valence-electron chi connectivity index (χ3n) is 1.89. The van der Waals surface area contributed by atoms with Gasteiger partial charge in [-0.05, 0) is 6.92 Å². The summed E-state index contributed by atoms with van der Waals surface area (Å²) in [6, 6.07) is 0. The molecule has 1 aromatic rings. The molecule has 0 radical (unpaired) electrons. The molecule has 1 rings (SSSR count). The van der Waals surface area contributed by atoms with E-state index < -0.39 is 24.9 Å². The Labute approximate surface area is 79.2 Å². The molecule has 0 bridgehead atoms. The number of carboxylic acids is 1. The van der Waals surface area contributed by atoms with Crippen molar-refractivity contribution in [2.75, 3.05) is 0 Å². The Morgan fingerprint density at radius 2 is 2.36 bits per heavy atom. The molecule has 0 fully saturated rings. The topological polar surface area (TPSA) is 55.1 Å². The highest BCUT2D eigenvalue weighted by Crippen LogP contribution is 2.15. The van der Waals surface area contributed by atoms with Gasteiger partial charge in [0.1, 0.15) is 0 Å². The molecular weight excluding hydrogens is 194 g/mol. The van der Waals surface area contributed by atoms with Gasteiger partial charge in [0.15, 0.2) is 0 Å². The standard InChI is InChI=1S/C8H10F2N2O2/c1-5(8(13)14)6-2-11-4-12(6)3-7(9)10/h2,4-5,7H,3H2,1H3,(H,13,14). The molecule has 1 unspecified atom stereocenters. The van der Waals surface area contributed by atoms with Crippen molar-refractivity contribution in [3.8, 4) is 0 Å². The van der Waals surface area contributed by atoms with Gasteiger partial charge < -0.3 is 9.67 Å². The molecule has 0 saturated carbocycles. The summed E-state index contributed by atoms with van der Waals surface area (Å²) in [7, 11) is 0. The number of nitrogens with zero attached hydrogens (tertiary/aromatic N) is 2. The number of carboxylic acid groups (broad SMARTS) is 1. The molecule has 1 atom stereocenters. The fraction of sp³-hybridized carbons (Fsp3) is 0.500. The zero-order valence-corrected chi connectivity index (χ0v) is 7.52. The van der Waals surface area contributed by atoms with Crippen LogP contribution in [0.5, 0.6) is 0 Å². The van der Waals surface area contributed by atoms with Gasteiger partial charge >= 0.3 is 5.97 Å². The number of hydrogen-bond donors (Lipinski definition) is 1. The highest BCUT2D eigenvalue weighted by atomic mass is 19.3. The average molecular weight is 204 g/mol. The van der Waals surface area contributed by atoms with Crippen molar-refractivity contribution in [2.24, 2.45) is 0 Å². The fourth-order valence-electron chi connectivity index (χ4n) is 1.12. The van der Waals surface area contributed by atoms with Crippen molar-refractivity contribution in [1.29, 1.82) is 0 Å². The maximum Gasteiger partial charge on any atom is 0.312 e. The number of carbonyl (C=O) groups is 1. The highest BCUT2D eigenvalue weighted by molar-refractivity contribution is 5.74. The largest absolute Gasteiger partial charge is 0.481 e. The summed E-state index contributed by atoms with van der Waals surface area (Å²) in [5.74, 6) is -1.88. The maximum absolute atomic E-state index is 12.0. The molecular formula is C8H10F2N2O2. The van der Waals surface area contributed by atoms with Crippen LogP contribution in [0.15, 0.2) is 12.5 Å². The van der Waals surface area contributed by atoms with E-state index in [0.717, 1.165) is 4.57 Å². The number of imidazole rings is 1. The lowest BCUT2D eigenvalue weighted by atomic mass is 10.1. The van der Waals surface area contributed by atoms with Crippen LogP contribution in [0.25, 0.3) is 0 Å². The summed E-state index contributed by atoms with van der Waals surface area (Å²) in [4.78, 5) is 14.3. The molecule has 0 aliphatic carbocycles. The van der Waals surface area contributed by atoms with E-state index in [0.29, 0.717) is 0 Å². The third kappa shape index (κ3) is 2.27. The number of aromatic nitrogens is 2. The first-order chi connectivity index (χ1) is 6.52. The molecule has 0 spiro atoms. The van der Waals surface area contributed by atoms with E-state index in [-0.39, 0.29) is 5.69 Å². The minimum atomic E-state index is -2.51. The van der Waals surface area contributed by atoms with Crippen LogP contribution in [0.3, 0.4) is 0 Å². The molecule has 78 valence electrons. The van der Waals surface area contributed by atoms with E-state index in [1.165, 1.54) is 19.4 Å². The molecule has 0 amide bonds. The van der Waals surface area contributed by atoms with Crippen LogP contribution in [0.2, 0.25) is 0 Å². The Balaban J connectivity index is 2.86. The molecule has 4 nitrogen and oxygen atoms in total. The SMILES string of the molecule is CC(C(=O)O)c1cncn1CC(F)F. The summed E-state index contributed by atoms with van der Waals surface area (Å²) in [6.07, 6.45) is -0.00815. The predicted molar refractivity (Wildman–Crippen MR) is 44.3 cm³/mol. The molecule has 0 saturated heterocycles. The van der Waals surface area contributed by atoms with Gasteiger partial charge in [0.25, 0.3) is 6.43 Å². The lowest BCUT2D eigenvalue weighted by Gasteiger charge is -2.10. The van der Waals surface area contributed by atoms with Gasteiger partial charge in [0.2, 0.25) is 0 Å². The van der Waals surface area contributed by atoms with Crippen LogP contribution in [0.1, 0.15) is 18.5 Å². The summed E-state index contributed by atoms with van der Waals surface area (Å²) in [5.41, 5.74) is 0.290. The van der Waals surface area contributed by atoms with Crippen molar-refractivity contribution in [1.82, 2.24) is 9.55 Å². The first kappa shape index (κ1) is 10.6. The maximum atomic E-state index is 12.0. The van der Waals surface area contributed by atoms with Crippen LogP contribution in [-0.4, -0.2) is 27.1 Å². The van der Waals surface area contributed by atoms with Crippen LogP contribution in [-0.2, 0) is 11.3 Å². The van der Waals surface area contributed by atoms with E-state index in [1.54, 1.807) is 0 Å². The second-order valence-corrected chi connectivity index (χ2v) is 2.92. The Morgan fingerprint density at radius 3 is 2.86 bits per heavy atom. The Hall–Kier alpha value is -1.46. The van der Waals surface area contributed by atoms with Gasteiger partial charge in [-0.15, -0.1) is 0 Å². The molecule has 0 aliphatic heterocycles. The fourth-order valence-corrected chi connectivity index (χ4v) is 1.12.